The van der Waals surface area contributed by atoms with Crippen LogP contribution in [0.3, 0.4) is 0 Å². The zero-order valence-electron chi connectivity index (χ0n) is 12.4. The monoisotopic (exact) mass is 343 g/mol. The molecule has 0 saturated carbocycles. The molecule has 1 aliphatic heterocycles. The molecule has 1 aromatic carbocycles. The van der Waals surface area contributed by atoms with Crippen molar-refractivity contribution >= 4 is 22.0 Å². The third-order valence-electron chi connectivity index (χ3n) is 3.90. The van der Waals surface area contributed by atoms with Crippen LogP contribution in [-0.2, 0) is 19.6 Å². The van der Waals surface area contributed by atoms with Gasteiger partial charge in [0.25, 0.3) is 0 Å². The van der Waals surface area contributed by atoms with Gasteiger partial charge in [0.2, 0.25) is 10.0 Å². The molecule has 8 nitrogen and oxygen atoms in total. The average molecular weight is 343 g/mol. The fourth-order valence-electron chi connectivity index (χ4n) is 2.66. The molecule has 2 N–H and O–H groups in total. The van der Waals surface area contributed by atoms with E-state index in [1.807, 2.05) is 0 Å². The van der Waals surface area contributed by atoms with E-state index >= 15 is 0 Å². The number of hydrogen-bond acceptors (Lipinski definition) is 5. The lowest BCUT2D eigenvalue weighted by atomic mass is 9.86. The van der Waals surface area contributed by atoms with Crippen LogP contribution in [0.25, 0.3) is 0 Å². The molecule has 1 saturated heterocycles. The minimum atomic E-state index is -3.97. The van der Waals surface area contributed by atoms with Gasteiger partial charge in [-0.25, -0.2) is 8.42 Å². The molecule has 0 amide bonds. The smallest absolute Gasteiger partial charge is 0.308 e. The number of para-hydroxylation sites is 1. The maximum Gasteiger partial charge on any atom is 0.308 e. The molecule has 0 bridgehead atoms. The minimum Gasteiger partial charge on any atom is -0.495 e. The Hall–Kier alpha value is -2.13. The van der Waals surface area contributed by atoms with Gasteiger partial charge in [-0.2, -0.15) is 4.31 Å². The van der Waals surface area contributed by atoms with E-state index in [0.717, 1.165) is 4.31 Å². The number of piperidine rings is 1. The lowest BCUT2D eigenvalue weighted by Crippen LogP contribution is -2.48. The number of carbonyl (C=O) groups is 2. The summed E-state index contributed by atoms with van der Waals surface area (Å²) in [7, 11) is -2.63. The highest BCUT2D eigenvalue weighted by molar-refractivity contribution is 7.89. The van der Waals surface area contributed by atoms with Crippen LogP contribution in [0.4, 0.5) is 0 Å². The van der Waals surface area contributed by atoms with Crippen LogP contribution in [-0.4, -0.2) is 55.1 Å². The molecule has 23 heavy (non-hydrogen) atoms. The predicted molar refractivity (Wildman–Crippen MR) is 78.6 cm³/mol. The Bertz CT molecular complexity index is 716. The van der Waals surface area contributed by atoms with Crippen molar-refractivity contribution in [3.63, 3.8) is 0 Å². The molecule has 0 aliphatic carbocycles. The molecule has 0 spiro atoms. The zero-order chi connectivity index (χ0) is 17.2. The van der Waals surface area contributed by atoms with E-state index in [-0.39, 0.29) is 30.2 Å². The van der Waals surface area contributed by atoms with E-state index < -0.39 is 33.8 Å². The van der Waals surface area contributed by atoms with Gasteiger partial charge in [-0.1, -0.05) is 12.1 Å². The SMILES string of the molecule is COc1ccccc1S(=O)(=O)N1CCC(C(=O)O)C(C(=O)O)C1. The predicted octanol–water partition coefficient (Wildman–Crippen LogP) is 0.491. The summed E-state index contributed by atoms with van der Waals surface area (Å²) in [5.74, 6) is -4.79. The molecule has 1 fully saturated rings. The van der Waals surface area contributed by atoms with Crippen LogP contribution in [0.1, 0.15) is 6.42 Å². The Morgan fingerprint density at radius 2 is 1.78 bits per heavy atom. The van der Waals surface area contributed by atoms with Crippen LogP contribution in [0.5, 0.6) is 5.75 Å². The van der Waals surface area contributed by atoms with Gasteiger partial charge in [-0.05, 0) is 18.6 Å². The number of benzene rings is 1. The fourth-order valence-corrected chi connectivity index (χ4v) is 4.29. The number of ether oxygens (including phenoxy) is 1. The highest BCUT2D eigenvalue weighted by Gasteiger charge is 2.42. The van der Waals surface area contributed by atoms with Crippen molar-refractivity contribution in [2.75, 3.05) is 20.2 Å². The number of methoxy groups -OCH3 is 1. The fraction of sp³-hybridized carbons (Fsp3) is 0.429. The summed E-state index contributed by atoms with van der Waals surface area (Å²) in [6.07, 6.45) is -0.0549. The van der Waals surface area contributed by atoms with E-state index in [2.05, 4.69) is 0 Å². The first kappa shape index (κ1) is 17.2. The van der Waals surface area contributed by atoms with Crippen molar-refractivity contribution in [3.05, 3.63) is 24.3 Å². The van der Waals surface area contributed by atoms with Crippen molar-refractivity contribution in [3.8, 4) is 5.75 Å². The van der Waals surface area contributed by atoms with Crippen molar-refractivity contribution in [2.45, 2.75) is 11.3 Å². The van der Waals surface area contributed by atoms with E-state index in [1.165, 1.54) is 25.3 Å². The van der Waals surface area contributed by atoms with Crippen molar-refractivity contribution in [1.29, 1.82) is 0 Å². The molecule has 9 heteroatoms. The summed E-state index contributed by atoms with van der Waals surface area (Å²) in [5, 5.41) is 18.3. The first-order valence-electron chi connectivity index (χ1n) is 6.87. The zero-order valence-corrected chi connectivity index (χ0v) is 13.2. The number of hydrogen-bond donors (Lipinski definition) is 2. The number of rotatable bonds is 5. The van der Waals surface area contributed by atoms with E-state index in [0.29, 0.717) is 0 Å². The summed E-state index contributed by atoms with van der Waals surface area (Å²) in [6.45, 7) is -0.437. The third-order valence-corrected chi connectivity index (χ3v) is 5.80. The summed E-state index contributed by atoms with van der Waals surface area (Å²) >= 11 is 0. The molecule has 126 valence electrons. The number of nitrogens with zero attached hydrogens (tertiary/aromatic N) is 1. The van der Waals surface area contributed by atoms with Crippen molar-refractivity contribution in [1.82, 2.24) is 4.31 Å². The van der Waals surface area contributed by atoms with Crippen LogP contribution < -0.4 is 4.74 Å². The van der Waals surface area contributed by atoms with Crippen molar-refractivity contribution < 1.29 is 33.0 Å². The Kier molecular flexibility index (Phi) is 4.90. The van der Waals surface area contributed by atoms with Gasteiger partial charge in [0.15, 0.2) is 0 Å². The summed E-state index contributed by atoms with van der Waals surface area (Å²) in [4.78, 5) is 22.4. The van der Waals surface area contributed by atoms with Gasteiger partial charge in [0.1, 0.15) is 10.6 Å². The number of aliphatic carboxylic acids is 2. The van der Waals surface area contributed by atoms with Gasteiger partial charge in [-0.3, -0.25) is 9.59 Å². The maximum atomic E-state index is 12.7. The molecule has 1 aliphatic rings. The topological polar surface area (TPSA) is 121 Å². The molecule has 0 radical (unpaired) electrons. The molecule has 2 atom stereocenters. The Balaban J connectivity index is 2.35. The van der Waals surface area contributed by atoms with Gasteiger partial charge >= 0.3 is 11.9 Å². The largest absolute Gasteiger partial charge is 0.495 e. The average Bonchev–Trinajstić information content (AvgIpc) is 2.53. The number of carboxylic acids is 2. The molecular weight excluding hydrogens is 326 g/mol. The quantitative estimate of drug-likeness (QED) is 0.798. The Labute approximate surface area is 133 Å². The first-order valence-corrected chi connectivity index (χ1v) is 8.31. The molecule has 1 aromatic rings. The van der Waals surface area contributed by atoms with Crippen LogP contribution in [0.2, 0.25) is 0 Å². The van der Waals surface area contributed by atoms with Gasteiger partial charge in [0.05, 0.1) is 18.9 Å². The van der Waals surface area contributed by atoms with Crippen molar-refractivity contribution in [2.24, 2.45) is 11.8 Å². The number of sulfonamides is 1. The molecule has 0 aromatic heterocycles. The second-order valence-corrected chi connectivity index (χ2v) is 7.10. The third kappa shape index (κ3) is 3.30. The van der Waals surface area contributed by atoms with E-state index in [4.69, 9.17) is 9.84 Å². The second kappa shape index (κ2) is 6.55. The molecule has 2 unspecified atom stereocenters. The van der Waals surface area contributed by atoms with Crippen LogP contribution in [0.15, 0.2) is 29.2 Å². The number of carboxylic acid groups (broad SMARTS) is 2. The molecule has 1 heterocycles. The molecule has 2 rings (SSSR count). The maximum absolute atomic E-state index is 12.7. The highest BCUT2D eigenvalue weighted by Crippen LogP contribution is 2.31. The molecular formula is C14H17NO7S. The summed E-state index contributed by atoms with van der Waals surface area (Å²) < 4.78 is 31.5. The summed E-state index contributed by atoms with van der Waals surface area (Å²) in [6, 6.07) is 6.02. The minimum absolute atomic E-state index is 0.0544. The van der Waals surface area contributed by atoms with Gasteiger partial charge in [-0.15, -0.1) is 0 Å². The van der Waals surface area contributed by atoms with Crippen LogP contribution in [0, 0.1) is 11.8 Å². The lowest BCUT2D eigenvalue weighted by Gasteiger charge is -2.33. The van der Waals surface area contributed by atoms with Crippen LogP contribution >= 0.6 is 0 Å². The second-order valence-electron chi connectivity index (χ2n) is 5.19. The standard InChI is InChI=1S/C14H17NO7S/c1-22-11-4-2-3-5-12(11)23(20,21)15-7-6-9(13(16)17)10(8-15)14(18)19/h2-5,9-10H,6-8H2,1H3,(H,16,17)(H,18,19). The summed E-state index contributed by atoms with van der Waals surface area (Å²) in [5.41, 5.74) is 0. The Morgan fingerprint density at radius 1 is 1.17 bits per heavy atom. The first-order chi connectivity index (χ1) is 10.8. The Morgan fingerprint density at radius 3 is 2.35 bits per heavy atom. The highest BCUT2D eigenvalue weighted by atomic mass is 32.2. The normalized spacial score (nSPS) is 22.5. The van der Waals surface area contributed by atoms with E-state index in [9.17, 15) is 23.1 Å². The van der Waals surface area contributed by atoms with Gasteiger partial charge < -0.3 is 14.9 Å². The van der Waals surface area contributed by atoms with E-state index in [1.54, 1.807) is 6.07 Å². The van der Waals surface area contributed by atoms with Gasteiger partial charge in [0, 0.05) is 13.1 Å². The lowest BCUT2D eigenvalue weighted by molar-refractivity contribution is -0.156.